The van der Waals surface area contributed by atoms with Crippen LogP contribution in [-0.4, -0.2) is 4.98 Å². The van der Waals surface area contributed by atoms with Crippen LogP contribution in [0, 0.1) is 0 Å². The average molecular weight is 187 g/mol. The van der Waals surface area contributed by atoms with Gasteiger partial charge in [0.2, 0.25) is 5.89 Å². The summed E-state index contributed by atoms with van der Waals surface area (Å²) in [6.07, 6.45) is 1.80. The van der Waals surface area contributed by atoms with Gasteiger partial charge in [-0.2, -0.15) is 0 Å². The van der Waals surface area contributed by atoms with Crippen LogP contribution in [0.1, 0.15) is 25.5 Å². The molecule has 1 heterocycles. The number of nitrogens with zero attached hydrogens (tertiary/aromatic N) is 1. The maximum absolute atomic E-state index is 5.62. The van der Waals surface area contributed by atoms with E-state index in [0.29, 0.717) is 11.8 Å². The molecule has 0 amide bonds. The molecule has 0 N–H and O–H groups in total. The topological polar surface area (TPSA) is 26.0 Å². The maximum Gasteiger partial charge on any atom is 0.226 e. The van der Waals surface area contributed by atoms with E-state index in [0.717, 1.165) is 11.3 Å². The Morgan fingerprint density at radius 1 is 1.14 bits per heavy atom. The Labute approximate surface area is 83.6 Å². The van der Waals surface area contributed by atoms with Gasteiger partial charge >= 0.3 is 0 Å². The first-order valence-corrected chi connectivity index (χ1v) is 4.78. The molecule has 0 saturated carbocycles. The zero-order chi connectivity index (χ0) is 9.97. The van der Waals surface area contributed by atoms with E-state index in [1.54, 1.807) is 6.20 Å². The molecule has 0 spiro atoms. The first kappa shape index (κ1) is 9.00. The molecule has 14 heavy (non-hydrogen) atoms. The minimum absolute atomic E-state index is 0.389. The predicted molar refractivity (Wildman–Crippen MR) is 56.0 cm³/mol. The van der Waals surface area contributed by atoms with Crippen LogP contribution < -0.4 is 0 Å². The van der Waals surface area contributed by atoms with E-state index in [4.69, 9.17) is 4.42 Å². The molecule has 0 fully saturated rings. The van der Waals surface area contributed by atoms with E-state index in [1.165, 1.54) is 0 Å². The molecule has 2 aromatic rings. The summed E-state index contributed by atoms with van der Waals surface area (Å²) in [5.74, 6) is 2.03. The van der Waals surface area contributed by atoms with Crippen LogP contribution in [0.25, 0.3) is 11.5 Å². The van der Waals surface area contributed by atoms with Gasteiger partial charge in [0.1, 0.15) is 5.76 Å². The van der Waals surface area contributed by atoms with Crippen LogP contribution in [0.5, 0.6) is 0 Å². The van der Waals surface area contributed by atoms with Gasteiger partial charge in [0.15, 0.2) is 0 Å². The molecular formula is C12H13NO. The van der Waals surface area contributed by atoms with Crippen LogP contribution in [0.4, 0.5) is 0 Å². The Kier molecular flexibility index (Phi) is 2.35. The van der Waals surface area contributed by atoms with Gasteiger partial charge in [-0.15, -0.1) is 0 Å². The fraction of sp³-hybridized carbons (Fsp3) is 0.250. The highest BCUT2D eigenvalue weighted by molar-refractivity contribution is 5.52. The van der Waals surface area contributed by atoms with Crippen molar-refractivity contribution in [3.05, 3.63) is 42.3 Å². The summed E-state index contributed by atoms with van der Waals surface area (Å²) in [6, 6.07) is 9.94. The average Bonchev–Trinajstić information content (AvgIpc) is 2.68. The molecular weight excluding hydrogens is 174 g/mol. The zero-order valence-electron chi connectivity index (χ0n) is 8.40. The normalized spacial score (nSPS) is 10.8. The largest absolute Gasteiger partial charge is 0.441 e. The highest BCUT2D eigenvalue weighted by Crippen LogP contribution is 2.22. The Balaban J connectivity index is 2.34. The summed E-state index contributed by atoms with van der Waals surface area (Å²) in [4.78, 5) is 4.24. The molecule has 0 aliphatic rings. The Hall–Kier alpha value is -1.57. The van der Waals surface area contributed by atoms with Gasteiger partial charge in [-0.1, -0.05) is 32.0 Å². The molecule has 0 saturated heterocycles. The molecule has 2 rings (SSSR count). The highest BCUT2D eigenvalue weighted by Gasteiger charge is 2.08. The molecule has 0 bridgehead atoms. The number of rotatable bonds is 2. The summed E-state index contributed by atoms with van der Waals surface area (Å²) in [5, 5.41) is 0. The quantitative estimate of drug-likeness (QED) is 0.719. The third-order valence-corrected chi connectivity index (χ3v) is 2.11. The van der Waals surface area contributed by atoms with E-state index >= 15 is 0 Å². The van der Waals surface area contributed by atoms with Crippen molar-refractivity contribution in [1.29, 1.82) is 0 Å². The van der Waals surface area contributed by atoms with Crippen molar-refractivity contribution >= 4 is 0 Å². The number of aromatic nitrogens is 1. The fourth-order valence-electron chi connectivity index (χ4n) is 1.27. The maximum atomic E-state index is 5.62. The van der Waals surface area contributed by atoms with Crippen LogP contribution >= 0.6 is 0 Å². The third-order valence-electron chi connectivity index (χ3n) is 2.11. The molecule has 0 aliphatic heterocycles. The first-order valence-electron chi connectivity index (χ1n) is 4.78. The molecule has 0 radical (unpaired) electrons. The summed E-state index contributed by atoms with van der Waals surface area (Å²) >= 11 is 0. The molecule has 0 unspecified atom stereocenters. The second-order valence-corrected chi connectivity index (χ2v) is 3.59. The fourth-order valence-corrected chi connectivity index (χ4v) is 1.27. The SMILES string of the molecule is CC(C)c1cnc(-c2ccccc2)o1. The van der Waals surface area contributed by atoms with Gasteiger partial charge in [0, 0.05) is 11.5 Å². The molecule has 1 aromatic carbocycles. The number of hydrogen-bond donors (Lipinski definition) is 0. The molecule has 2 nitrogen and oxygen atoms in total. The third kappa shape index (κ3) is 1.69. The lowest BCUT2D eigenvalue weighted by Gasteiger charge is -1.97. The molecule has 72 valence electrons. The van der Waals surface area contributed by atoms with Gasteiger partial charge in [-0.05, 0) is 12.1 Å². The molecule has 0 aliphatic carbocycles. The summed E-state index contributed by atoms with van der Waals surface area (Å²) in [5.41, 5.74) is 1.03. The van der Waals surface area contributed by atoms with E-state index in [2.05, 4.69) is 18.8 Å². The summed E-state index contributed by atoms with van der Waals surface area (Å²) in [6.45, 7) is 4.19. The second-order valence-electron chi connectivity index (χ2n) is 3.59. The van der Waals surface area contributed by atoms with Crippen molar-refractivity contribution in [2.24, 2.45) is 0 Å². The summed E-state index contributed by atoms with van der Waals surface area (Å²) < 4.78 is 5.62. The van der Waals surface area contributed by atoms with Crippen LogP contribution in [0.3, 0.4) is 0 Å². The number of benzene rings is 1. The monoisotopic (exact) mass is 187 g/mol. The van der Waals surface area contributed by atoms with Crippen molar-refractivity contribution in [2.45, 2.75) is 19.8 Å². The van der Waals surface area contributed by atoms with E-state index in [9.17, 15) is 0 Å². The minimum Gasteiger partial charge on any atom is -0.441 e. The van der Waals surface area contributed by atoms with Crippen LogP contribution in [0.15, 0.2) is 40.9 Å². The van der Waals surface area contributed by atoms with E-state index in [-0.39, 0.29) is 0 Å². The van der Waals surface area contributed by atoms with Crippen molar-refractivity contribution in [1.82, 2.24) is 4.98 Å². The number of oxazole rings is 1. The van der Waals surface area contributed by atoms with Gasteiger partial charge in [-0.25, -0.2) is 4.98 Å². The Bertz CT molecular complexity index is 403. The Morgan fingerprint density at radius 2 is 1.86 bits per heavy atom. The molecule has 1 aromatic heterocycles. The number of hydrogen-bond acceptors (Lipinski definition) is 2. The lowest BCUT2D eigenvalue weighted by molar-refractivity contribution is 0.495. The second kappa shape index (κ2) is 3.66. The van der Waals surface area contributed by atoms with E-state index < -0.39 is 0 Å². The first-order chi connectivity index (χ1) is 6.77. The van der Waals surface area contributed by atoms with Gasteiger partial charge in [0.25, 0.3) is 0 Å². The molecule has 0 atom stereocenters. The van der Waals surface area contributed by atoms with Crippen LogP contribution in [0.2, 0.25) is 0 Å². The van der Waals surface area contributed by atoms with Crippen molar-refractivity contribution in [2.75, 3.05) is 0 Å². The van der Waals surface area contributed by atoms with E-state index in [1.807, 2.05) is 30.3 Å². The summed E-state index contributed by atoms with van der Waals surface area (Å²) in [7, 11) is 0. The lowest BCUT2D eigenvalue weighted by Crippen LogP contribution is -1.80. The standard InChI is InChI=1S/C12H13NO/c1-9(2)11-8-13-12(14-11)10-6-4-3-5-7-10/h3-9H,1-2H3. The van der Waals surface area contributed by atoms with Gasteiger partial charge in [0.05, 0.1) is 6.20 Å². The Morgan fingerprint density at radius 3 is 2.43 bits per heavy atom. The molecule has 2 heteroatoms. The lowest BCUT2D eigenvalue weighted by atomic mass is 10.2. The van der Waals surface area contributed by atoms with Gasteiger partial charge in [-0.3, -0.25) is 0 Å². The van der Waals surface area contributed by atoms with Crippen molar-refractivity contribution < 1.29 is 4.42 Å². The highest BCUT2D eigenvalue weighted by atomic mass is 16.4. The smallest absolute Gasteiger partial charge is 0.226 e. The van der Waals surface area contributed by atoms with Gasteiger partial charge < -0.3 is 4.42 Å². The predicted octanol–water partition coefficient (Wildman–Crippen LogP) is 3.47. The van der Waals surface area contributed by atoms with Crippen LogP contribution in [-0.2, 0) is 0 Å². The minimum atomic E-state index is 0.389. The zero-order valence-corrected chi connectivity index (χ0v) is 8.40. The van der Waals surface area contributed by atoms with Crippen molar-refractivity contribution in [3.8, 4) is 11.5 Å². The van der Waals surface area contributed by atoms with Crippen molar-refractivity contribution in [3.63, 3.8) is 0 Å².